The fourth-order valence-corrected chi connectivity index (χ4v) is 5.78. The largest absolute Gasteiger partial charge is 0.398 e. The molecular weight excluding hydrogens is 746 g/mol. The summed E-state index contributed by atoms with van der Waals surface area (Å²) < 4.78 is 29.4. The van der Waals surface area contributed by atoms with Gasteiger partial charge >= 0.3 is 0 Å². The SMILES string of the molecule is C=C.C=C=C(NCC(C)(c1cccc(F)c1)c1cc(C(C)CC)c(C)c(-c2ccnc(F)c2Cl)n1)c1cc(C)c(N)c(C=NCCC)c1.CC.CC.CC.CC.CN. The molecule has 0 radical (unpaired) electrons. The topological polar surface area (TPSA) is 102 Å². The number of nitrogen functional groups attached to an aromatic ring is 1. The molecule has 2 atom stereocenters. The molecular formula is C49H75ClF2N6. The molecule has 4 aromatic rings. The van der Waals surface area contributed by atoms with E-state index in [0.29, 0.717) is 47.0 Å². The van der Waals surface area contributed by atoms with Crippen LogP contribution in [0, 0.1) is 25.6 Å². The van der Waals surface area contributed by atoms with Gasteiger partial charge in [-0.25, -0.2) is 9.37 Å². The van der Waals surface area contributed by atoms with Crippen LogP contribution >= 0.6 is 11.6 Å². The third kappa shape index (κ3) is 16.0. The third-order valence-electron chi connectivity index (χ3n) is 8.67. The van der Waals surface area contributed by atoms with Crippen molar-refractivity contribution in [2.24, 2.45) is 10.7 Å². The summed E-state index contributed by atoms with van der Waals surface area (Å²) in [5.74, 6) is -0.948. The van der Waals surface area contributed by atoms with Crippen LogP contribution in [0.3, 0.4) is 0 Å². The van der Waals surface area contributed by atoms with Gasteiger partial charge in [-0.05, 0) is 105 Å². The van der Waals surface area contributed by atoms with E-state index in [1.165, 1.54) is 25.4 Å². The van der Waals surface area contributed by atoms with Crippen molar-refractivity contribution < 1.29 is 8.78 Å². The fraction of sp³-hybridized carbons (Fsp3) is 0.429. The molecule has 2 heterocycles. The quantitative estimate of drug-likeness (QED) is 0.0434. The Balaban J connectivity index is -0.00000230. The minimum atomic E-state index is -0.860. The molecule has 0 aliphatic carbocycles. The number of pyridine rings is 2. The van der Waals surface area contributed by atoms with Gasteiger partial charge in [0, 0.05) is 47.9 Å². The lowest BCUT2D eigenvalue weighted by molar-refractivity contribution is 0.524. The van der Waals surface area contributed by atoms with Crippen LogP contribution in [0.5, 0.6) is 0 Å². The second kappa shape index (κ2) is 32.3. The second-order valence-electron chi connectivity index (χ2n) is 11.9. The van der Waals surface area contributed by atoms with E-state index in [4.69, 9.17) is 22.3 Å². The van der Waals surface area contributed by atoms with E-state index in [1.807, 2.05) is 94.4 Å². The third-order valence-corrected chi connectivity index (χ3v) is 9.03. The van der Waals surface area contributed by atoms with Gasteiger partial charge in [0.2, 0.25) is 5.95 Å². The van der Waals surface area contributed by atoms with Crippen LogP contribution in [0.1, 0.15) is 141 Å². The molecule has 0 aliphatic heterocycles. The van der Waals surface area contributed by atoms with Gasteiger partial charge in [0.1, 0.15) is 10.8 Å². The average molecular weight is 822 g/mol. The number of nitrogens with one attached hydrogen (secondary N) is 1. The van der Waals surface area contributed by atoms with Crippen LogP contribution < -0.4 is 16.8 Å². The second-order valence-corrected chi connectivity index (χ2v) is 12.3. The number of hydrogen-bond acceptors (Lipinski definition) is 6. The molecule has 9 heteroatoms. The zero-order valence-electron chi connectivity index (χ0n) is 38.4. The maximum absolute atomic E-state index is 14.8. The fourth-order valence-electron chi connectivity index (χ4n) is 5.58. The van der Waals surface area contributed by atoms with Crippen molar-refractivity contribution in [3.8, 4) is 11.3 Å². The number of aliphatic imine (C=N–C) groups is 1. The Hall–Kier alpha value is -4.62. The first-order valence-corrected chi connectivity index (χ1v) is 21.0. The molecule has 0 fully saturated rings. The Morgan fingerprint density at radius 3 is 2.12 bits per heavy atom. The van der Waals surface area contributed by atoms with E-state index in [2.05, 4.69) is 73.3 Å². The predicted octanol–water partition coefficient (Wildman–Crippen LogP) is 13.8. The van der Waals surface area contributed by atoms with E-state index in [-0.39, 0.29) is 16.8 Å². The number of anilines is 1. The van der Waals surface area contributed by atoms with Crippen molar-refractivity contribution in [1.82, 2.24) is 15.3 Å². The summed E-state index contributed by atoms with van der Waals surface area (Å²) in [4.78, 5) is 13.3. The van der Waals surface area contributed by atoms with Gasteiger partial charge in [0.15, 0.2) is 0 Å². The molecule has 0 saturated heterocycles. The number of rotatable bonds is 12. The molecule has 4 rings (SSSR count). The van der Waals surface area contributed by atoms with Gasteiger partial charge < -0.3 is 16.8 Å². The summed E-state index contributed by atoms with van der Waals surface area (Å²) in [5, 5.41) is 3.45. The lowest BCUT2D eigenvalue weighted by atomic mass is 9.77. The number of aromatic nitrogens is 2. The first kappa shape index (κ1) is 57.7. The van der Waals surface area contributed by atoms with Crippen molar-refractivity contribution in [1.29, 1.82) is 0 Å². The number of hydrogen-bond donors (Lipinski definition) is 3. The van der Waals surface area contributed by atoms with Gasteiger partial charge in [-0.1, -0.05) is 106 Å². The van der Waals surface area contributed by atoms with Crippen LogP contribution in [0.25, 0.3) is 17.0 Å². The summed E-state index contributed by atoms with van der Waals surface area (Å²) in [5.41, 5.74) is 21.3. The number of nitrogens with zero attached hydrogens (tertiary/aromatic N) is 3. The standard InChI is InChI=1S/C38H42ClF2N5.4C2H6.C2H4.CH5N/c1-8-15-43-21-27-18-26(17-24(5)35(27)42)32(10-3)45-22-38(7,28-12-11-13-29(40)19-28)33-20-31(23(4)9-2)25(6)36(46-33)30-14-16-44-37(41)34(30)39;6*1-2/h11-14,16-21,23,45H,3,8-9,15,22,42H2,1-2,4-7H3;4*1-2H3;1-2H2;2H2,1H3. The van der Waals surface area contributed by atoms with Crippen LogP contribution in [0.4, 0.5) is 14.5 Å². The van der Waals surface area contributed by atoms with Crippen LogP contribution in [-0.4, -0.2) is 36.3 Å². The summed E-state index contributed by atoms with van der Waals surface area (Å²) in [6.07, 6.45) is 5.00. The van der Waals surface area contributed by atoms with Gasteiger partial charge in [0.05, 0.1) is 22.5 Å². The summed E-state index contributed by atoms with van der Waals surface area (Å²) in [7, 11) is 1.50. The highest BCUT2D eigenvalue weighted by molar-refractivity contribution is 6.33. The van der Waals surface area contributed by atoms with Gasteiger partial charge in [-0.3, -0.25) is 9.98 Å². The number of aryl methyl sites for hydroxylation is 1. The molecule has 6 nitrogen and oxygen atoms in total. The normalized spacial score (nSPS) is 11.2. The Kier molecular flexibility index (Phi) is 32.2. The Bertz CT molecular complexity index is 1830. The van der Waals surface area contributed by atoms with E-state index in [9.17, 15) is 8.78 Å². The van der Waals surface area contributed by atoms with Crippen molar-refractivity contribution in [3.63, 3.8) is 0 Å². The summed E-state index contributed by atoms with van der Waals surface area (Å²) >= 11 is 6.46. The monoisotopic (exact) mass is 821 g/mol. The van der Waals surface area contributed by atoms with Crippen molar-refractivity contribution in [2.75, 3.05) is 25.9 Å². The molecule has 2 aromatic carbocycles. The molecule has 0 spiro atoms. The Morgan fingerprint density at radius 1 is 0.983 bits per heavy atom. The molecule has 5 N–H and O–H groups in total. The van der Waals surface area contributed by atoms with Gasteiger partial charge in [0.25, 0.3) is 0 Å². The van der Waals surface area contributed by atoms with E-state index in [1.54, 1.807) is 18.3 Å². The predicted molar refractivity (Wildman–Crippen MR) is 254 cm³/mol. The highest BCUT2D eigenvalue weighted by Crippen LogP contribution is 2.39. The molecule has 58 heavy (non-hydrogen) atoms. The maximum Gasteiger partial charge on any atom is 0.232 e. The highest BCUT2D eigenvalue weighted by Gasteiger charge is 2.34. The Morgan fingerprint density at radius 2 is 1.59 bits per heavy atom. The van der Waals surface area contributed by atoms with Crippen LogP contribution in [-0.2, 0) is 5.41 Å². The minimum Gasteiger partial charge on any atom is -0.398 e. The average Bonchev–Trinajstić information content (AvgIpc) is 3.27. The van der Waals surface area contributed by atoms with Gasteiger partial charge in [-0.15, -0.1) is 18.9 Å². The first-order valence-electron chi connectivity index (χ1n) is 20.6. The molecule has 322 valence electrons. The Labute approximate surface area is 357 Å². The van der Waals surface area contributed by atoms with Crippen molar-refractivity contribution in [2.45, 2.75) is 121 Å². The van der Waals surface area contributed by atoms with Crippen molar-refractivity contribution in [3.05, 3.63) is 136 Å². The lowest BCUT2D eigenvalue weighted by Crippen LogP contribution is -2.37. The maximum atomic E-state index is 14.8. The molecule has 0 aliphatic rings. The van der Waals surface area contributed by atoms with Crippen LogP contribution in [0.15, 0.2) is 85.2 Å². The highest BCUT2D eigenvalue weighted by atomic mass is 35.5. The smallest absolute Gasteiger partial charge is 0.232 e. The van der Waals surface area contributed by atoms with E-state index in [0.717, 1.165) is 40.7 Å². The number of nitrogens with two attached hydrogens (primary N) is 2. The molecule has 2 unspecified atom stereocenters. The number of halogens is 3. The summed E-state index contributed by atoms with van der Waals surface area (Å²) in [6.45, 7) is 39.3. The van der Waals surface area contributed by atoms with Crippen LogP contribution in [0.2, 0.25) is 5.02 Å². The summed E-state index contributed by atoms with van der Waals surface area (Å²) in [6, 6.07) is 14.2. The molecule has 0 bridgehead atoms. The van der Waals surface area contributed by atoms with E-state index >= 15 is 0 Å². The van der Waals surface area contributed by atoms with Crippen molar-refractivity contribution >= 4 is 29.2 Å². The molecule has 2 aromatic heterocycles. The molecule has 0 amide bonds. The minimum absolute atomic E-state index is 0.0928. The first-order chi connectivity index (χ1) is 27.9. The van der Waals surface area contributed by atoms with Gasteiger partial charge in [-0.2, -0.15) is 4.39 Å². The molecule has 0 saturated carbocycles. The number of benzene rings is 2. The lowest BCUT2D eigenvalue weighted by Gasteiger charge is -2.33. The van der Waals surface area contributed by atoms with E-state index < -0.39 is 11.4 Å². The zero-order chi connectivity index (χ0) is 45.6. The zero-order valence-corrected chi connectivity index (χ0v) is 39.2.